The van der Waals surface area contributed by atoms with Gasteiger partial charge in [-0.3, -0.25) is 4.39 Å². The Kier molecular flexibility index (Phi) is 7.75. The van der Waals surface area contributed by atoms with E-state index in [4.69, 9.17) is 4.74 Å². The monoisotopic (exact) mass is 650 g/mol. The number of thiazole rings is 1. The van der Waals surface area contributed by atoms with Gasteiger partial charge in [-0.25, -0.2) is 32.9 Å². The number of ether oxygens (including phenoxy) is 1. The fourth-order valence-electron chi connectivity index (χ4n) is 4.89. The van der Waals surface area contributed by atoms with E-state index in [0.717, 1.165) is 18.2 Å². The number of fused-ring (bicyclic) bond motifs is 1. The summed E-state index contributed by atoms with van der Waals surface area (Å²) in [6.45, 7) is -0.944. The number of carbonyl (C=O) groups is 1. The van der Waals surface area contributed by atoms with Crippen LogP contribution in [-0.2, 0) is 25.7 Å². The predicted octanol–water partition coefficient (Wildman–Crippen LogP) is 7.61. The van der Waals surface area contributed by atoms with E-state index in [0.29, 0.717) is 30.4 Å². The van der Waals surface area contributed by atoms with Crippen molar-refractivity contribution >= 4 is 28.3 Å². The van der Waals surface area contributed by atoms with Gasteiger partial charge >= 0.3 is 12.1 Å². The third-order valence-corrected chi connectivity index (χ3v) is 8.54. The number of rotatable bonds is 10. The number of imidazole rings is 1. The molecule has 0 aliphatic heterocycles. The third-order valence-electron chi connectivity index (χ3n) is 7.53. The summed E-state index contributed by atoms with van der Waals surface area (Å²) in [5.74, 6) is -3.96. The van der Waals surface area contributed by atoms with Gasteiger partial charge in [-0.15, -0.1) is 11.3 Å². The van der Waals surface area contributed by atoms with Crippen LogP contribution in [0.3, 0.4) is 0 Å². The number of hydrogen-bond donors (Lipinski definition) is 1. The second-order valence-corrected chi connectivity index (χ2v) is 11.9. The van der Waals surface area contributed by atoms with Crippen molar-refractivity contribution in [3.05, 3.63) is 92.9 Å². The summed E-state index contributed by atoms with van der Waals surface area (Å²) < 4.78 is 105. The zero-order valence-corrected chi connectivity index (χ0v) is 23.8. The summed E-state index contributed by atoms with van der Waals surface area (Å²) in [5.41, 5.74) is -1.52. The predicted molar refractivity (Wildman–Crippen MR) is 148 cm³/mol. The Morgan fingerprint density at radius 2 is 1.82 bits per heavy atom. The quantitative estimate of drug-likeness (QED) is 0.157. The van der Waals surface area contributed by atoms with E-state index >= 15 is 8.78 Å². The smallest absolute Gasteiger partial charge is 0.427 e. The molecule has 1 fully saturated rings. The minimum atomic E-state index is -4.54. The van der Waals surface area contributed by atoms with Crippen molar-refractivity contribution in [2.24, 2.45) is 5.41 Å². The number of nitrogens with zero attached hydrogens (tertiary/aromatic N) is 4. The Morgan fingerprint density at radius 3 is 2.49 bits per heavy atom. The SMILES string of the molecule is O=C(O)c1cc(F)c2nc(Cc3cc(F)c(-c4cccc(OCc5ncc(C(F)(F)F)s5)n4)cc3F)n(CC3(CF)CC3)c2c1. The summed E-state index contributed by atoms with van der Waals surface area (Å²) in [7, 11) is 0. The van der Waals surface area contributed by atoms with Gasteiger partial charge in [0.25, 0.3) is 0 Å². The standard InChI is InChI=1S/C30H21F7N4O3S/c31-13-29(4-5-29)14-41-22-8-16(28(42)43)7-20(34)27(22)40-24(41)9-15-6-19(33)17(10-18(15)32)21-2-1-3-25(39-21)44-12-26-38-11-23(45-26)30(35,36)37/h1-3,6-8,10-11H,4-5,9,12-14H2,(H,42,43). The largest absolute Gasteiger partial charge is 0.478 e. The molecular weight excluding hydrogens is 629 g/mol. The molecule has 0 unspecified atom stereocenters. The van der Waals surface area contributed by atoms with E-state index in [1.807, 2.05) is 0 Å². The van der Waals surface area contributed by atoms with Gasteiger partial charge in [-0.2, -0.15) is 13.2 Å². The fourth-order valence-corrected chi connectivity index (χ4v) is 5.59. The molecule has 3 aromatic heterocycles. The fraction of sp³-hybridized carbons (Fsp3) is 0.267. The summed E-state index contributed by atoms with van der Waals surface area (Å²) in [5, 5.41) is 9.45. The number of aromatic nitrogens is 4. The van der Waals surface area contributed by atoms with Crippen molar-refractivity contribution in [3.63, 3.8) is 0 Å². The Bertz CT molecular complexity index is 1930. The molecule has 2 aromatic carbocycles. The minimum Gasteiger partial charge on any atom is -0.478 e. The third kappa shape index (κ3) is 6.21. The zero-order valence-electron chi connectivity index (χ0n) is 23.0. The van der Waals surface area contributed by atoms with Crippen molar-refractivity contribution in [2.45, 2.75) is 38.6 Å². The first-order valence-corrected chi connectivity index (χ1v) is 14.3. The number of pyridine rings is 1. The molecule has 0 amide bonds. The first kappa shape index (κ1) is 30.5. The Hall–Kier alpha value is -4.53. The molecular formula is C30H21F7N4O3S. The first-order valence-electron chi connectivity index (χ1n) is 13.4. The van der Waals surface area contributed by atoms with Crippen molar-refractivity contribution in [3.8, 4) is 17.1 Å². The van der Waals surface area contributed by atoms with Gasteiger partial charge in [0, 0.05) is 30.0 Å². The number of hydrogen-bond acceptors (Lipinski definition) is 6. The molecule has 45 heavy (non-hydrogen) atoms. The van der Waals surface area contributed by atoms with Gasteiger partial charge in [-0.1, -0.05) is 6.07 Å². The van der Waals surface area contributed by atoms with E-state index in [-0.39, 0.29) is 69.7 Å². The van der Waals surface area contributed by atoms with E-state index in [2.05, 4.69) is 15.0 Å². The van der Waals surface area contributed by atoms with Crippen molar-refractivity contribution in [1.29, 1.82) is 0 Å². The van der Waals surface area contributed by atoms with Gasteiger partial charge in [0.1, 0.15) is 39.5 Å². The average Bonchev–Trinajstić information content (AvgIpc) is 3.44. The van der Waals surface area contributed by atoms with Gasteiger partial charge in [0.15, 0.2) is 5.82 Å². The lowest BCUT2D eigenvalue weighted by Gasteiger charge is -2.16. The van der Waals surface area contributed by atoms with Crippen molar-refractivity contribution in [1.82, 2.24) is 19.5 Å². The molecule has 0 spiro atoms. The van der Waals surface area contributed by atoms with Gasteiger partial charge < -0.3 is 14.4 Å². The molecule has 0 saturated heterocycles. The van der Waals surface area contributed by atoms with Gasteiger partial charge in [-0.05, 0) is 48.7 Å². The number of aromatic carboxylic acids is 1. The van der Waals surface area contributed by atoms with Crippen molar-refractivity contribution < 1.29 is 45.4 Å². The Labute approximate surface area is 254 Å². The molecule has 3 heterocycles. The van der Waals surface area contributed by atoms with Crippen LogP contribution in [0.1, 0.15) is 44.5 Å². The molecule has 15 heteroatoms. The lowest BCUT2D eigenvalue weighted by atomic mass is 10.0. The molecule has 1 saturated carbocycles. The number of carboxylic acids is 1. The number of carboxylic acid groups (broad SMARTS) is 1. The van der Waals surface area contributed by atoms with Crippen molar-refractivity contribution in [2.75, 3.05) is 6.67 Å². The molecule has 5 aromatic rings. The highest BCUT2D eigenvalue weighted by atomic mass is 32.1. The molecule has 1 N–H and O–H groups in total. The highest BCUT2D eigenvalue weighted by molar-refractivity contribution is 7.11. The summed E-state index contributed by atoms with van der Waals surface area (Å²) in [4.78, 5) is 22.7. The second kappa shape index (κ2) is 11.4. The van der Waals surface area contributed by atoms with E-state index in [1.54, 1.807) is 0 Å². The van der Waals surface area contributed by atoms with Crippen LogP contribution in [0.5, 0.6) is 5.88 Å². The maximum atomic E-state index is 15.4. The average molecular weight is 651 g/mol. The zero-order chi connectivity index (χ0) is 32.1. The maximum absolute atomic E-state index is 15.4. The normalized spacial score (nSPS) is 14.2. The number of alkyl halides is 4. The molecule has 6 rings (SSSR count). The molecule has 0 atom stereocenters. The second-order valence-electron chi connectivity index (χ2n) is 10.7. The van der Waals surface area contributed by atoms with Crippen LogP contribution < -0.4 is 4.74 Å². The van der Waals surface area contributed by atoms with Crippen LogP contribution in [0, 0.1) is 22.9 Å². The molecule has 1 aliphatic carbocycles. The molecule has 0 bridgehead atoms. The Balaban J connectivity index is 1.28. The van der Waals surface area contributed by atoms with Crippen LogP contribution in [0.2, 0.25) is 0 Å². The van der Waals surface area contributed by atoms with E-state index < -0.39 is 46.6 Å². The highest BCUT2D eigenvalue weighted by Crippen LogP contribution is 2.48. The summed E-state index contributed by atoms with van der Waals surface area (Å²) in [6.07, 6.45) is -3.06. The lowest BCUT2D eigenvalue weighted by Crippen LogP contribution is -2.16. The summed E-state index contributed by atoms with van der Waals surface area (Å²) >= 11 is 0.408. The lowest BCUT2D eigenvalue weighted by molar-refractivity contribution is -0.134. The molecule has 7 nitrogen and oxygen atoms in total. The number of halogens is 7. The molecule has 1 aliphatic rings. The van der Waals surface area contributed by atoms with Gasteiger partial charge in [0.05, 0.1) is 29.6 Å². The Morgan fingerprint density at radius 1 is 1.04 bits per heavy atom. The van der Waals surface area contributed by atoms with Crippen LogP contribution >= 0.6 is 11.3 Å². The first-order chi connectivity index (χ1) is 21.4. The highest BCUT2D eigenvalue weighted by Gasteiger charge is 2.44. The topological polar surface area (TPSA) is 90.1 Å². The van der Waals surface area contributed by atoms with Crippen LogP contribution in [-0.4, -0.2) is 37.3 Å². The van der Waals surface area contributed by atoms with Gasteiger partial charge in [0.2, 0.25) is 5.88 Å². The molecule has 0 radical (unpaired) electrons. The maximum Gasteiger partial charge on any atom is 0.427 e. The summed E-state index contributed by atoms with van der Waals surface area (Å²) in [6, 6.07) is 8.11. The molecule has 234 valence electrons. The number of benzene rings is 2. The van der Waals surface area contributed by atoms with E-state index in [9.17, 15) is 31.9 Å². The van der Waals surface area contributed by atoms with E-state index in [1.165, 1.54) is 28.8 Å². The minimum absolute atomic E-state index is 0.0142. The van der Waals surface area contributed by atoms with Crippen LogP contribution in [0.25, 0.3) is 22.3 Å². The van der Waals surface area contributed by atoms with Crippen LogP contribution in [0.15, 0.2) is 48.7 Å². The van der Waals surface area contributed by atoms with Crippen LogP contribution in [0.4, 0.5) is 30.7 Å².